The molecular formula is C19H19N3O3. The monoisotopic (exact) mass is 337 g/mol. The van der Waals surface area contributed by atoms with Gasteiger partial charge in [0, 0.05) is 37.0 Å². The number of amides is 1. The molecule has 0 fully saturated rings. The maximum atomic E-state index is 12.2. The lowest BCUT2D eigenvalue weighted by Crippen LogP contribution is -2.25. The van der Waals surface area contributed by atoms with Crippen molar-refractivity contribution in [3.05, 3.63) is 60.2 Å². The number of ether oxygens (including phenoxy) is 1. The summed E-state index contributed by atoms with van der Waals surface area (Å²) in [6.07, 6.45) is 0.770. The Balaban J connectivity index is 1.73. The summed E-state index contributed by atoms with van der Waals surface area (Å²) in [5.74, 6) is 0.763. The van der Waals surface area contributed by atoms with E-state index < -0.39 is 0 Å². The second kappa shape index (κ2) is 8.21. The van der Waals surface area contributed by atoms with Crippen molar-refractivity contribution in [2.75, 3.05) is 20.3 Å². The van der Waals surface area contributed by atoms with E-state index in [2.05, 4.69) is 15.5 Å². The highest BCUT2D eigenvalue weighted by molar-refractivity contribution is 5.95. The van der Waals surface area contributed by atoms with Gasteiger partial charge >= 0.3 is 0 Å². The van der Waals surface area contributed by atoms with Gasteiger partial charge in [0.2, 0.25) is 5.82 Å². The van der Waals surface area contributed by atoms with E-state index in [1.165, 1.54) is 0 Å². The molecule has 0 saturated heterocycles. The van der Waals surface area contributed by atoms with Crippen LogP contribution in [0.2, 0.25) is 0 Å². The van der Waals surface area contributed by atoms with E-state index in [1.54, 1.807) is 25.3 Å². The highest BCUT2D eigenvalue weighted by atomic mass is 16.5. The van der Waals surface area contributed by atoms with Crippen LogP contribution < -0.4 is 5.32 Å². The summed E-state index contributed by atoms with van der Waals surface area (Å²) in [7, 11) is 1.64. The Labute approximate surface area is 145 Å². The van der Waals surface area contributed by atoms with E-state index >= 15 is 0 Å². The van der Waals surface area contributed by atoms with Crippen LogP contribution in [0.3, 0.4) is 0 Å². The number of nitrogens with zero attached hydrogens (tertiary/aromatic N) is 2. The van der Waals surface area contributed by atoms with Crippen molar-refractivity contribution in [1.29, 1.82) is 0 Å². The predicted molar refractivity (Wildman–Crippen MR) is 94.0 cm³/mol. The van der Waals surface area contributed by atoms with Crippen molar-refractivity contribution in [3.63, 3.8) is 0 Å². The standard InChI is InChI=1S/C19H19N3O3/c1-24-12-6-11-20-18(23)15-9-5-10-16(13-15)19-21-17(22-25-19)14-7-3-2-4-8-14/h2-5,7-10,13H,6,11-12H2,1H3,(H,20,23). The van der Waals surface area contributed by atoms with E-state index in [-0.39, 0.29) is 5.91 Å². The van der Waals surface area contributed by atoms with Crippen LogP contribution in [0.25, 0.3) is 22.8 Å². The second-order valence-corrected chi connectivity index (χ2v) is 5.47. The lowest BCUT2D eigenvalue weighted by Gasteiger charge is -2.05. The lowest BCUT2D eigenvalue weighted by molar-refractivity contribution is 0.0948. The quantitative estimate of drug-likeness (QED) is 0.670. The van der Waals surface area contributed by atoms with Crippen molar-refractivity contribution >= 4 is 5.91 Å². The highest BCUT2D eigenvalue weighted by Crippen LogP contribution is 2.22. The maximum Gasteiger partial charge on any atom is 0.258 e. The molecule has 3 aromatic rings. The smallest absolute Gasteiger partial charge is 0.258 e. The molecule has 0 saturated carbocycles. The normalized spacial score (nSPS) is 10.6. The van der Waals surface area contributed by atoms with Gasteiger partial charge in [0.25, 0.3) is 11.8 Å². The first-order valence-corrected chi connectivity index (χ1v) is 8.04. The predicted octanol–water partition coefficient (Wildman–Crippen LogP) is 3.17. The average Bonchev–Trinajstić information content (AvgIpc) is 3.16. The van der Waals surface area contributed by atoms with Crippen LogP contribution in [-0.2, 0) is 4.74 Å². The molecular weight excluding hydrogens is 318 g/mol. The number of benzene rings is 2. The summed E-state index contributed by atoms with van der Waals surface area (Å²) in [6, 6.07) is 16.7. The molecule has 25 heavy (non-hydrogen) atoms. The topological polar surface area (TPSA) is 77.2 Å². The number of carbonyl (C=O) groups excluding carboxylic acids is 1. The summed E-state index contributed by atoms with van der Waals surface area (Å²) in [6.45, 7) is 1.18. The van der Waals surface area contributed by atoms with Gasteiger partial charge in [-0.3, -0.25) is 4.79 Å². The molecule has 0 aliphatic rings. The third-order valence-electron chi connectivity index (χ3n) is 3.64. The fourth-order valence-electron chi connectivity index (χ4n) is 2.36. The first-order valence-electron chi connectivity index (χ1n) is 8.04. The molecule has 6 nitrogen and oxygen atoms in total. The van der Waals surface area contributed by atoms with Crippen molar-refractivity contribution in [2.24, 2.45) is 0 Å². The second-order valence-electron chi connectivity index (χ2n) is 5.47. The van der Waals surface area contributed by atoms with Crippen molar-refractivity contribution < 1.29 is 14.1 Å². The van der Waals surface area contributed by atoms with Crippen LogP contribution >= 0.6 is 0 Å². The minimum Gasteiger partial charge on any atom is -0.385 e. The van der Waals surface area contributed by atoms with Gasteiger partial charge in [-0.05, 0) is 24.6 Å². The van der Waals surface area contributed by atoms with Crippen molar-refractivity contribution in [3.8, 4) is 22.8 Å². The molecule has 0 spiro atoms. The molecule has 1 heterocycles. The van der Waals surface area contributed by atoms with Crippen molar-refractivity contribution in [2.45, 2.75) is 6.42 Å². The number of rotatable bonds is 7. The van der Waals surface area contributed by atoms with Gasteiger partial charge in [-0.1, -0.05) is 41.6 Å². The van der Waals surface area contributed by atoms with E-state index in [4.69, 9.17) is 9.26 Å². The molecule has 0 atom stereocenters. The van der Waals surface area contributed by atoms with E-state index in [0.717, 1.165) is 12.0 Å². The minimum atomic E-state index is -0.138. The fraction of sp³-hybridized carbons (Fsp3) is 0.211. The zero-order chi connectivity index (χ0) is 17.5. The number of methoxy groups -OCH3 is 1. The SMILES string of the molecule is COCCCNC(=O)c1cccc(-c2nc(-c3ccccc3)no2)c1. The van der Waals surface area contributed by atoms with E-state index in [0.29, 0.717) is 36.0 Å². The maximum absolute atomic E-state index is 12.2. The number of hydrogen-bond acceptors (Lipinski definition) is 5. The zero-order valence-corrected chi connectivity index (χ0v) is 13.9. The number of hydrogen-bond donors (Lipinski definition) is 1. The molecule has 128 valence electrons. The third-order valence-corrected chi connectivity index (χ3v) is 3.64. The van der Waals surface area contributed by atoms with Crippen LogP contribution in [0.15, 0.2) is 59.1 Å². The van der Waals surface area contributed by atoms with Gasteiger partial charge < -0.3 is 14.6 Å². The minimum absolute atomic E-state index is 0.138. The summed E-state index contributed by atoms with van der Waals surface area (Å²) < 4.78 is 10.3. The largest absolute Gasteiger partial charge is 0.385 e. The Morgan fingerprint density at radius 2 is 1.92 bits per heavy atom. The molecule has 0 radical (unpaired) electrons. The molecule has 2 aromatic carbocycles. The van der Waals surface area contributed by atoms with Gasteiger partial charge in [-0.25, -0.2) is 0 Å². The van der Waals surface area contributed by atoms with Gasteiger partial charge in [0.15, 0.2) is 0 Å². The van der Waals surface area contributed by atoms with Crippen LogP contribution in [0.5, 0.6) is 0 Å². The molecule has 0 unspecified atom stereocenters. The highest BCUT2D eigenvalue weighted by Gasteiger charge is 2.12. The van der Waals surface area contributed by atoms with Crippen LogP contribution in [-0.4, -0.2) is 36.3 Å². The molecule has 1 amide bonds. The van der Waals surface area contributed by atoms with Crippen LogP contribution in [0.1, 0.15) is 16.8 Å². The number of carbonyl (C=O) groups is 1. The summed E-state index contributed by atoms with van der Waals surface area (Å²) >= 11 is 0. The molecule has 0 bridgehead atoms. The summed E-state index contributed by atoms with van der Waals surface area (Å²) in [5.41, 5.74) is 2.14. The van der Waals surface area contributed by atoms with Gasteiger partial charge in [0.05, 0.1) is 0 Å². The summed E-state index contributed by atoms with van der Waals surface area (Å²) in [5, 5.41) is 6.86. The Kier molecular flexibility index (Phi) is 5.53. The average molecular weight is 337 g/mol. The zero-order valence-electron chi connectivity index (χ0n) is 13.9. The summed E-state index contributed by atoms with van der Waals surface area (Å²) in [4.78, 5) is 16.6. The van der Waals surface area contributed by atoms with E-state index in [1.807, 2.05) is 36.4 Å². The van der Waals surface area contributed by atoms with Crippen LogP contribution in [0, 0.1) is 0 Å². The molecule has 1 N–H and O–H groups in total. The third kappa shape index (κ3) is 4.30. The van der Waals surface area contributed by atoms with Gasteiger partial charge in [-0.15, -0.1) is 0 Å². The molecule has 0 aliphatic heterocycles. The number of nitrogens with one attached hydrogen (secondary N) is 1. The van der Waals surface area contributed by atoms with Crippen molar-refractivity contribution in [1.82, 2.24) is 15.5 Å². The van der Waals surface area contributed by atoms with Gasteiger partial charge in [-0.2, -0.15) is 4.98 Å². The Bertz CT molecular complexity index is 831. The molecule has 1 aromatic heterocycles. The number of aromatic nitrogens is 2. The first kappa shape index (κ1) is 16.9. The molecule has 6 heteroatoms. The fourth-order valence-corrected chi connectivity index (χ4v) is 2.36. The Hall–Kier alpha value is -2.99. The Morgan fingerprint density at radius 1 is 1.12 bits per heavy atom. The molecule has 0 aliphatic carbocycles. The van der Waals surface area contributed by atoms with E-state index in [9.17, 15) is 4.79 Å². The lowest BCUT2D eigenvalue weighted by atomic mass is 10.1. The Morgan fingerprint density at radius 3 is 2.72 bits per heavy atom. The first-order chi connectivity index (χ1) is 12.3. The van der Waals surface area contributed by atoms with Gasteiger partial charge in [0.1, 0.15) is 0 Å². The molecule has 3 rings (SSSR count). The van der Waals surface area contributed by atoms with Crippen LogP contribution in [0.4, 0.5) is 0 Å².